The zero-order chi connectivity index (χ0) is 43.1. The Morgan fingerprint density at radius 2 is 0.721 bits per heavy atom. The molecule has 0 radical (unpaired) electrons. The molecule has 0 atom stereocenters. The molecule has 0 aliphatic heterocycles. The van der Waals surface area contributed by atoms with Crippen LogP contribution in [-0.2, 0) is 46.1 Å². The zero-order valence-corrected chi connectivity index (χ0v) is 42.8. The molecule has 2 aromatic carbocycles. The molecule has 0 unspecified atom stereocenters. The largest absolute Gasteiger partial charge is 0.251 e. The molecule has 350 valence electrons. The van der Waals surface area contributed by atoms with E-state index >= 15 is 0 Å². The van der Waals surface area contributed by atoms with Crippen molar-refractivity contribution in [1.82, 2.24) is 0 Å². The molecule has 0 aliphatic carbocycles. The normalized spacial score (nSPS) is 12.2. The van der Waals surface area contributed by atoms with Crippen molar-refractivity contribution < 1.29 is 20.4 Å². The molecule has 61 heavy (non-hydrogen) atoms. The van der Waals surface area contributed by atoms with Gasteiger partial charge < -0.3 is 0 Å². The van der Waals surface area contributed by atoms with E-state index in [1.165, 1.54) is 189 Å². The van der Waals surface area contributed by atoms with E-state index in [9.17, 15) is 0 Å². The molecular formula is C58H98N2Pd. The summed E-state index contributed by atoms with van der Waals surface area (Å²) >= 11 is 0. The minimum Gasteiger partial charge on any atom is -0.251 e. The van der Waals surface area contributed by atoms with E-state index in [4.69, 9.17) is 9.98 Å². The summed E-state index contributed by atoms with van der Waals surface area (Å²) in [5.41, 5.74) is 10.2. The van der Waals surface area contributed by atoms with E-state index in [-0.39, 0.29) is 20.4 Å². The van der Waals surface area contributed by atoms with Crippen LogP contribution >= 0.6 is 0 Å². The number of nitrogens with zero attached hydrogens (tertiary/aromatic N) is 2. The maximum atomic E-state index is 5.39. The summed E-state index contributed by atoms with van der Waals surface area (Å²) in [5, 5.41) is 0. The third-order valence-electron chi connectivity index (χ3n) is 12.5. The summed E-state index contributed by atoms with van der Waals surface area (Å²) in [5.74, 6) is 0. The number of aryl methyl sites for hydroxylation is 4. The monoisotopic (exact) mass is 929 g/mol. The molecule has 0 amide bonds. The van der Waals surface area contributed by atoms with Crippen LogP contribution < -0.4 is 0 Å². The molecule has 2 rings (SSSR count). The van der Waals surface area contributed by atoms with Gasteiger partial charge in [-0.15, -0.1) is 0 Å². The number of hydrogen-bond acceptors (Lipinski definition) is 2. The molecule has 0 spiro atoms. The van der Waals surface area contributed by atoms with Crippen LogP contribution in [0.2, 0.25) is 0 Å². The molecule has 0 aromatic heterocycles. The van der Waals surface area contributed by atoms with Gasteiger partial charge in [0.05, 0.1) is 22.8 Å². The fourth-order valence-electron chi connectivity index (χ4n) is 8.89. The van der Waals surface area contributed by atoms with Crippen LogP contribution in [0.5, 0.6) is 0 Å². The molecule has 0 N–H and O–H groups in total. The maximum absolute atomic E-state index is 5.39. The van der Waals surface area contributed by atoms with Gasteiger partial charge in [0, 0.05) is 20.4 Å². The van der Waals surface area contributed by atoms with Gasteiger partial charge in [-0.25, -0.2) is 4.99 Å². The van der Waals surface area contributed by atoms with Crippen molar-refractivity contribution in [2.75, 3.05) is 0 Å². The number of aliphatic imine (C=N–C) groups is 2. The summed E-state index contributed by atoms with van der Waals surface area (Å²) in [4.78, 5) is 10.8. The molecule has 0 heterocycles. The van der Waals surface area contributed by atoms with Crippen LogP contribution in [0.1, 0.15) is 269 Å². The molecule has 0 saturated carbocycles. The van der Waals surface area contributed by atoms with Crippen molar-refractivity contribution in [2.45, 2.75) is 273 Å². The molecule has 2 aromatic rings. The number of hydrogen-bond donors (Lipinski definition) is 0. The predicted octanol–water partition coefficient (Wildman–Crippen LogP) is 19.9. The smallest absolute Gasteiger partial charge is 0.0848 e. The van der Waals surface area contributed by atoms with Crippen LogP contribution in [0.25, 0.3) is 0 Å². The van der Waals surface area contributed by atoms with E-state index in [2.05, 4.69) is 90.1 Å². The fourth-order valence-corrected chi connectivity index (χ4v) is 8.89. The van der Waals surface area contributed by atoms with Crippen molar-refractivity contribution >= 4 is 22.8 Å². The number of allylic oxidation sites excluding steroid dienone is 2. The van der Waals surface area contributed by atoms with Crippen LogP contribution in [-0.4, -0.2) is 11.4 Å². The van der Waals surface area contributed by atoms with Gasteiger partial charge in [-0.1, -0.05) is 240 Å². The quantitative estimate of drug-likeness (QED) is 0.0361. The SMILES string of the molecule is CCCCCCCCCCCCCCCCCCCCCCCCCCC=CC(=Nc1ccc(CCC)c(CCC)c1)C(CCCC)=Nc1ccc(CCC)c(CCC)c1.[Pd]. The van der Waals surface area contributed by atoms with Crippen LogP contribution in [0.4, 0.5) is 11.4 Å². The number of benzene rings is 2. The third kappa shape index (κ3) is 28.6. The Bertz CT molecular complexity index is 1400. The van der Waals surface area contributed by atoms with Gasteiger partial charge in [0.25, 0.3) is 0 Å². The molecule has 0 bridgehead atoms. The zero-order valence-electron chi connectivity index (χ0n) is 41.3. The summed E-state index contributed by atoms with van der Waals surface area (Å²) < 4.78 is 0. The molecule has 0 saturated heterocycles. The first-order valence-electron chi connectivity index (χ1n) is 26.7. The van der Waals surface area contributed by atoms with Gasteiger partial charge >= 0.3 is 0 Å². The van der Waals surface area contributed by atoms with Gasteiger partial charge in [0.2, 0.25) is 0 Å². The number of unbranched alkanes of at least 4 members (excludes halogenated alkanes) is 25. The van der Waals surface area contributed by atoms with E-state index in [0.29, 0.717) is 0 Å². The van der Waals surface area contributed by atoms with Gasteiger partial charge in [-0.05, 0) is 104 Å². The second-order valence-electron chi connectivity index (χ2n) is 18.4. The summed E-state index contributed by atoms with van der Waals surface area (Å²) in [7, 11) is 0. The number of rotatable bonds is 40. The van der Waals surface area contributed by atoms with E-state index in [0.717, 1.165) is 87.0 Å². The van der Waals surface area contributed by atoms with Crippen molar-refractivity contribution in [3.8, 4) is 0 Å². The Morgan fingerprint density at radius 3 is 1.10 bits per heavy atom. The topological polar surface area (TPSA) is 24.7 Å². The molecular weight excluding hydrogens is 831 g/mol. The Balaban J connectivity index is 0.0000186. The predicted molar refractivity (Wildman–Crippen MR) is 273 cm³/mol. The first kappa shape index (κ1) is 57.2. The second kappa shape index (κ2) is 40.9. The molecule has 0 aliphatic rings. The van der Waals surface area contributed by atoms with Gasteiger partial charge in [-0.3, -0.25) is 4.99 Å². The fraction of sp³-hybridized carbons (Fsp3) is 0.724. The molecule has 3 heteroatoms. The Hall–Kier alpha value is -1.82. The minimum absolute atomic E-state index is 0. The first-order valence-corrected chi connectivity index (χ1v) is 26.7. The van der Waals surface area contributed by atoms with Crippen LogP contribution in [0.3, 0.4) is 0 Å². The average Bonchev–Trinajstić information content (AvgIpc) is 3.25. The second-order valence-corrected chi connectivity index (χ2v) is 18.4. The van der Waals surface area contributed by atoms with Gasteiger partial charge in [-0.2, -0.15) is 0 Å². The maximum Gasteiger partial charge on any atom is 0.0848 e. The van der Waals surface area contributed by atoms with Crippen molar-refractivity contribution in [3.05, 3.63) is 70.8 Å². The summed E-state index contributed by atoms with van der Waals surface area (Å²) in [6.07, 6.45) is 52.7. The van der Waals surface area contributed by atoms with Crippen molar-refractivity contribution in [3.63, 3.8) is 0 Å². The summed E-state index contributed by atoms with van der Waals surface area (Å²) in [6, 6.07) is 13.9. The average molecular weight is 930 g/mol. The van der Waals surface area contributed by atoms with Crippen LogP contribution in [0, 0.1) is 0 Å². The summed E-state index contributed by atoms with van der Waals surface area (Å²) in [6.45, 7) is 13.7. The Morgan fingerprint density at radius 1 is 0.377 bits per heavy atom. The van der Waals surface area contributed by atoms with Crippen LogP contribution in [0.15, 0.2) is 58.5 Å². The minimum atomic E-state index is 0. The third-order valence-corrected chi connectivity index (χ3v) is 12.5. The molecule has 0 fully saturated rings. The van der Waals surface area contributed by atoms with Gasteiger partial charge in [0.1, 0.15) is 0 Å². The van der Waals surface area contributed by atoms with E-state index in [1.807, 2.05) is 0 Å². The van der Waals surface area contributed by atoms with E-state index < -0.39 is 0 Å². The molecule has 2 nitrogen and oxygen atoms in total. The first-order chi connectivity index (χ1) is 29.6. The Kier molecular flexibility index (Phi) is 38.4. The van der Waals surface area contributed by atoms with Crippen molar-refractivity contribution in [1.29, 1.82) is 0 Å². The van der Waals surface area contributed by atoms with Gasteiger partial charge in [0.15, 0.2) is 0 Å². The Labute approximate surface area is 394 Å². The van der Waals surface area contributed by atoms with E-state index in [1.54, 1.807) is 0 Å². The standard InChI is InChI=1S/C58H98N2.Pd/c1-7-13-15-16-17-18-19-20-21-22-23-24-25-26-27-28-29-30-31-32-33-34-35-36-37-38-44-58(60-56-48-46-52(40-10-4)54(50-56)42-12-6)57(43-14-8-2)59-55-47-45-51(39-9-3)53(49-55)41-11-5;/h38,44-50H,7-37,39-43H2,1-6H3;. The van der Waals surface area contributed by atoms with Crippen molar-refractivity contribution in [2.24, 2.45) is 9.98 Å².